The van der Waals surface area contributed by atoms with Gasteiger partial charge in [-0.15, -0.1) is 0 Å². The lowest BCUT2D eigenvalue weighted by atomic mass is 9.77. The zero-order valence-electron chi connectivity index (χ0n) is 16.5. The average Bonchev–Trinajstić information content (AvgIpc) is 3.30. The van der Waals surface area contributed by atoms with Gasteiger partial charge >= 0.3 is 5.97 Å². The second-order valence-electron chi connectivity index (χ2n) is 7.74. The summed E-state index contributed by atoms with van der Waals surface area (Å²) in [6, 6.07) is 5.72. The van der Waals surface area contributed by atoms with E-state index in [0.717, 1.165) is 25.7 Å². The number of ether oxygens (including phenoxy) is 2. The van der Waals surface area contributed by atoms with Crippen LogP contribution in [-0.4, -0.2) is 41.1 Å². The maximum Gasteiger partial charge on any atom is 0.303 e. The van der Waals surface area contributed by atoms with Crippen LogP contribution in [0.25, 0.3) is 0 Å². The van der Waals surface area contributed by atoms with Gasteiger partial charge in [-0.3, -0.25) is 4.79 Å². The van der Waals surface area contributed by atoms with E-state index in [2.05, 4.69) is 12.2 Å². The first-order valence-corrected chi connectivity index (χ1v) is 10.3. The van der Waals surface area contributed by atoms with Crippen LogP contribution in [0.4, 0.5) is 4.39 Å². The van der Waals surface area contributed by atoms with Crippen LogP contribution in [0.5, 0.6) is 5.75 Å². The van der Waals surface area contributed by atoms with E-state index in [4.69, 9.17) is 14.6 Å². The number of aliphatic carboxylic acids is 1. The largest absolute Gasteiger partial charge is 0.491 e. The first kappa shape index (κ1) is 21.5. The normalized spacial score (nSPS) is 27.1. The molecule has 3 rings (SSSR count). The lowest BCUT2D eigenvalue weighted by Crippen LogP contribution is -2.26. The van der Waals surface area contributed by atoms with Gasteiger partial charge in [0.2, 0.25) is 0 Å². The van der Waals surface area contributed by atoms with Crippen molar-refractivity contribution in [1.29, 1.82) is 0 Å². The van der Waals surface area contributed by atoms with Gasteiger partial charge in [-0.2, -0.15) is 0 Å². The topological polar surface area (TPSA) is 76.0 Å². The molecule has 0 saturated carbocycles. The summed E-state index contributed by atoms with van der Waals surface area (Å²) < 4.78 is 24.5. The van der Waals surface area contributed by atoms with Crippen LogP contribution in [0.2, 0.25) is 0 Å². The Morgan fingerprint density at radius 1 is 1.24 bits per heavy atom. The highest BCUT2D eigenvalue weighted by molar-refractivity contribution is 5.66. The molecule has 0 spiro atoms. The van der Waals surface area contributed by atoms with Gasteiger partial charge in [-0.25, -0.2) is 4.39 Å². The Morgan fingerprint density at radius 2 is 2.00 bits per heavy atom. The number of unbranched alkanes of at least 4 members (excludes halogenated alkanes) is 1. The number of carboxylic acid groups (broad SMARTS) is 1. The van der Waals surface area contributed by atoms with Gasteiger partial charge in [0.1, 0.15) is 24.3 Å². The molecule has 0 aromatic heterocycles. The number of benzene rings is 1. The van der Waals surface area contributed by atoms with Crippen molar-refractivity contribution in [2.24, 2.45) is 11.8 Å². The number of hydrogen-bond donors (Lipinski definition) is 2. The van der Waals surface area contributed by atoms with E-state index in [1.54, 1.807) is 6.08 Å². The summed E-state index contributed by atoms with van der Waals surface area (Å²) in [6.07, 6.45) is 12.3. The van der Waals surface area contributed by atoms with E-state index in [1.165, 1.54) is 24.3 Å². The number of hydrogen-bond acceptors (Lipinski definition) is 4. The van der Waals surface area contributed by atoms with E-state index < -0.39 is 12.1 Å². The molecule has 2 saturated heterocycles. The third kappa shape index (κ3) is 6.41. The molecule has 2 bridgehead atoms. The Bertz CT molecular complexity index is 714. The molecule has 0 radical (unpaired) electrons. The van der Waals surface area contributed by atoms with Gasteiger partial charge in [-0.1, -0.05) is 24.3 Å². The predicted molar refractivity (Wildman–Crippen MR) is 107 cm³/mol. The molecule has 5 atom stereocenters. The van der Waals surface area contributed by atoms with Gasteiger partial charge in [0.15, 0.2) is 0 Å². The molecule has 2 N–H and O–H groups in total. The number of rotatable bonds is 11. The van der Waals surface area contributed by atoms with Crippen molar-refractivity contribution < 1.29 is 28.9 Å². The molecule has 1 aromatic carbocycles. The van der Waals surface area contributed by atoms with Crippen molar-refractivity contribution in [2.75, 3.05) is 6.61 Å². The van der Waals surface area contributed by atoms with Gasteiger partial charge in [0, 0.05) is 12.3 Å². The van der Waals surface area contributed by atoms with E-state index in [9.17, 15) is 14.3 Å². The van der Waals surface area contributed by atoms with E-state index in [-0.39, 0.29) is 37.0 Å². The molecule has 2 fully saturated rings. The van der Waals surface area contributed by atoms with Gasteiger partial charge < -0.3 is 19.7 Å². The number of aliphatic hydroxyl groups excluding tert-OH is 1. The third-order valence-electron chi connectivity index (χ3n) is 5.61. The maximum atomic E-state index is 12.9. The Morgan fingerprint density at radius 3 is 2.76 bits per heavy atom. The van der Waals surface area contributed by atoms with Crippen molar-refractivity contribution >= 4 is 5.97 Å². The van der Waals surface area contributed by atoms with Crippen LogP contribution < -0.4 is 4.74 Å². The summed E-state index contributed by atoms with van der Waals surface area (Å²) in [7, 11) is 0. The van der Waals surface area contributed by atoms with Crippen LogP contribution >= 0.6 is 0 Å². The van der Waals surface area contributed by atoms with Crippen LogP contribution in [-0.2, 0) is 9.53 Å². The molecule has 158 valence electrons. The predicted octanol–water partition coefficient (Wildman–Crippen LogP) is 4.12. The van der Waals surface area contributed by atoms with E-state index in [0.29, 0.717) is 18.1 Å². The Hall–Kier alpha value is -2.18. The zero-order valence-corrected chi connectivity index (χ0v) is 16.5. The Balaban J connectivity index is 1.46. The quantitative estimate of drug-likeness (QED) is 0.429. The van der Waals surface area contributed by atoms with E-state index >= 15 is 0 Å². The maximum absolute atomic E-state index is 12.9. The minimum absolute atomic E-state index is 0.109. The number of aliphatic hydroxyl groups is 1. The molecular weight excluding hydrogens is 375 g/mol. The van der Waals surface area contributed by atoms with Gasteiger partial charge in [0.25, 0.3) is 0 Å². The molecule has 0 aliphatic carbocycles. The zero-order chi connectivity index (χ0) is 20.6. The molecule has 6 heteroatoms. The number of allylic oxidation sites excluding steroid dienone is 2. The first-order chi connectivity index (χ1) is 14.0. The number of carbonyl (C=O) groups is 1. The summed E-state index contributed by atoms with van der Waals surface area (Å²) >= 11 is 0. The minimum atomic E-state index is -0.757. The highest BCUT2D eigenvalue weighted by Gasteiger charge is 2.46. The standard InChI is InChI=1S/C23H29FO5/c24-16-7-10-18(11-8-16)28-15-17(25)9-12-20-19(21-13-14-22(20)29-21)5-3-1-2-4-6-23(26)27/h1,3,7-12,17,19-22,25H,2,4-6,13-15H2,(H,26,27)/t17-,19-,20-,21?,22?/m1/s1. The lowest BCUT2D eigenvalue weighted by molar-refractivity contribution is -0.137. The second-order valence-corrected chi connectivity index (χ2v) is 7.74. The first-order valence-electron chi connectivity index (χ1n) is 10.3. The molecule has 1 aromatic rings. The van der Waals surface area contributed by atoms with Crippen LogP contribution in [0.3, 0.4) is 0 Å². The van der Waals surface area contributed by atoms with Crippen molar-refractivity contribution in [2.45, 2.75) is 56.8 Å². The lowest BCUT2D eigenvalue weighted by Gasteiger charge is -2.25. The molecule has 2 aliphatic heterocycles. The fourth-order valence-electron chi connectivity index (χ4n) is 4.15. The Labute approximate surface area is 170 Å². The summed E-state index contributed by atoms with van der Waals surface area (Å²) in [5, 5.41) is 18.9. The number of fused-ring (bicyclic) bond motifs is 2. The summed E-state index contributed by atoms with van der Waals surface area (Å²) in [5.74, 6) is 0.0833. The third-order valence-corrected chi connectivity index (χ3v) is 5.61. The van der Waals surface area contributed by atoms with Gasteiger partial charge in [-0.05, 0) is 62.3 Å². The fraction of sp³-hybridized carbons (Fsp3) is 0.522. The summed E-state index contributed by atoms with van der Waals surface area (Å²) in [4.78, 5) is 10.5. The molecule has 29 heavy (non-hydrogen) atoms. The van der Waals surface area contributed by atoms with Crippen molar-refractivity contribution in [3.8, 4) is 5.75 Å². The molecule has 2 unspecified atom stereocenters. The molecule has 0 amide bonds. The fourth-order valence-corrected chi connectivity index (χ4v) is 4.15. The monoisotopic (exact) mass is 404 g/mol. The van der Waals surface area contributed by atoms with Crippen LogP contribution in [0, 0.1) is 17.7 Å². The van der Waals surface area contributed by atoms with Gasteiger partial charge in [0.05, 0.1) is 12.2 Å². The molecular formula is C23H29FO5. The Kier molecular flexibility index (Phi) is 7.83. The highest BCUT2D eigenvalue weighted by atomic mass is 19.1. The van der Waals surface area contributed by atoms with E-state index in [1.807, 2.05) is 6.08 Å². The molecule has 5 nitrogen and oxygen atoms in total. The highest BCUT2D eigenvalue weighted by Crippen LogP contribution is 2.45. The second kappa shape index (κ2) is 10.6. The number of halogens is 1. The average molecular weight is 404 g/mol. The van der Waals surface area contributed by atoms with Crippen molar-refractivity contribution in [3.63, 3.8) is 0 Å². The molecule has 2 aliphatic rings. The number of carboxylic acids is 1. The SMILES string of the molecule is O=C(O)CCCC=CC[C@H]1C2CCC(O2)[C@@H]1C=C[C@@H](O)COc1ccc(F)cc1. The minimum Gasteiger partial charge on any atom is -0.491 e. The molecule has 2 heterocycles. The van der Waals surface area contributed by atoms with Crippen LogP contribution in [0.1, 0.15) is 38.5 Å². The smallest absolute Gasteiger partial charge is 0.303 e. The summed E-state index contributed by atoms with van der Waals surface area (Å²) in [6.45, 7) is 0.109. The van der Waals surface area contributed by atoms with Crippen LogP contribution in [0.15, 0.2) is 48.6 Å². The summed E-state index contributed by atoms with van der Waals surface area (Å²) in [5.41, 5.74) is 0. The van der Waals surface area contributed by atoms with Crippen molar-refractivity contribution in [1.82, 2.24) is 0 Å². The van der Waals surface area contributed by atoms with Crippen molar-refractivity contribution in [3.05, 3.63) is 54.4 Å².